The Morgan fingerprint density at radius 2 is 1.23 bits per heavy atom. The van der Waals surface area contributed by atoms with Gasteiger partial charge in [0, 0.05) is 6.42 Å². The second-order valence-electron chi connectivity index (χ2n) is 4.48. The second-order valence-corrected chi connectivity index (χ2v) is 4.48. The van der Waals surface area contributed by atoms with Crippen LogP contribution in [0.25, 0.3) is 0 Å². The molecule has 126 valence electrons. The van der Waals surface area contributed by atoms with Gasteiger partial charge < -0.3 is 5.11 Å². The molecular weight excluding hydrogens is 331 g/mol. The standard InChI is InChI=1S/C12H9F9O/c13-9(14,8(22)6-7-4-2-1-3-5-7)10(15,16)11(17,18)12(19,20)21/h1-5,8,22H,6H2. The molecule has 0 aliphatic carbocycles. The van der Waals surface area contributed by atoms with E-state index in [4.69, 9.17) is 5.11 Å². The van der Waals surface area contributed by atoms with E-state index in [1.54, 1.807) is 0 Å². The van der Waals surface area contributed by atoms with Gasteiger partial charge in [-0.25, -0.2) is 0 Å². The molecule has 0 bridgehead atoms. The van der Waals surface area contributed by atoms with E-state index in [0.29, 0.717) is 0 Å². The highest BCUT2D eigenvalue weighted by molar-refractivity contribution is 5.17. The SMILES string of the molecule is OC(Cc1ccccc1)C(F)(F)C(F)(F)C(F)(F)C(F)(F)F. The Balaban J connectivity index is 3.10. The third-order valence-corrected chi connectivity index (χ3v) is 2.86. The molecule has 0 saturated heterocycles. The van der Waals surface area contributed by atoms with Crippen molar-refractivity contribution in [3.63, 3.8) is 0 Å². The summed E-state index contributed by atoms with van der Waals surface area (Å²) in [6.07, 6.45) is -11.6. The highest BCUT2D eigenvalue weighted by Crippen LogP contribution is 2.54. The van der Waals surface area contributed by atoms with Gasteiger partial charge in [0.15, 0.2) is 0 Å². The van der Waals surface area contributed by atoms with Crippen LogP contribution in [0.3, 0.4) is 0 Å². The molecule has 1 atom stereocenters. The van der Waals surface area contributed by atoms with Gasteiger partial charge in [0.25, 0.3) is 0 Å². The molecule has 0 radical (unpaired) electrons. The molecule has 1 rings (SSSR count). The minimum absolute atomic E-state index is 0.138. The molecule has 0 spiro atoms. The molecule has 1 N–H and O–H groups in total. The van der Waals surface area contributed by atoms with Gasteiger partial charge in [0.2, 0.25) is 0 Å². The molecule has 0 saturated carbocycles. The first-order valence-electron chi connectivity index (χ1n) is 5.67. The molecule has 0 aliphatic heterocycles. The van der Waals surface area contributed by atoms with Crippen molar-refractivity contribution in [3.8, 4) is 0 Å². The molecule has 0 aromatic heterocycles. The second kappa shape index (κ2) is 5.64. The van der Waals surface area contributed by atoms with Gasteiger partial charge in [-0.2, -0.15) is 39.5 Å². The number of aliphatic hydroxyl groups is 1. The van der Waals surface area contributed by atoms with Crippen LogP contribution in [0.15, 0.2) is 30.3 Å². The summed E-state index contributed by atoms with van der Waals surface area (Å²) in [7, 11) is 0. The Kier molecular flexibility index (Phi) is 4.76. The minimum Gasteiger partial charge on any atom is -0.386 e. The number of alkyl halides is 9. The lowest BCUT2D eigenvalue weighted by Crippen LogP contribution is -2.64. The quantitative estimate of drug-likeness (QED) is 0.802. The zero-order chi connectivity index (χ0) is 17.4. The summed E-state index contributed by atoms with van der Waals surface area (Å²) in [4.78, 5) is 0. The van der Waals surface area contributed by atoms with Crippen molar-refractivity contribution in [2.24, 2.45) is 0 Å². The van der Waals surface area contributed by atoms with Crippen LogP contribution >= 0.6 is 0 Å². The zero-order valence-corrected chi connectivity index (χ0v) is 10.5. The third-order valence-electron chi connectivity index (χ3n) is 2.86. The average Bonchev–Trinajstić information content (AvgIpc) is 2.38. The smallest absolute Gasteiger partial charge is 0.386 e. The molecule has 1 unspecified atom stereocenters. The van der Waals surface area contributed by atoms with Crippen molar-refractivity contribution in [3.05, 3.63) is 35.9 Å². The third kappa shape index (κ3) is 3.01. The summed E-state index contributed by atoms with van der Waals surface area (Å²) >= 11 is 0. The first kappa shape index (κ1) is 18.6. The summed E-state index contributed by atoms with van der Waals surface area (Å²) in [5.41, 5.74) is -0.138. The topological polar surface area (TPSA) is 20.2 Å². The van der Waals surface area contributed by atoms with Crippen LogP contribution in [0.5, 0.6) is 0 Å². The highest BCUT2D eigenvalue weighted by atomic mass is 19.4. The summed E-state index contributed by atoms with van der Waals surface area (Å²) in [5, 5.41) is 9.06. The molecule has 0 aliphatic rings. The predicted octanol–water partition coefficient (Wildman–Crippen LogP) is 4.06. The van der Waals surface area contributed by atoms with E-state index < -0.39 is 36.5 Å². The van der Waals surface area contributed by atoms with E-state index in [2.05, 4.69) is 0 Å². The Labute approximate surface area is 118 Å². The van der Waals surface area contributed by atoms with Crippen molar-refractivity contribution in [1.82, 2.24) is 0 Å². The predicted molar refractivity (Wildman–Crippen MR) is 57.0 cm³/mol. The van der Waals surface area contributed by atoms with Gasteiger partial charge in [0.1, 0.15) is 6.10 Å². The molecule has 1 aromatic carbocycles. The lowest BCUT2D eigenvalue weighted by Gasteiger charge is -2.35. The van der Waals surface area contributed by atoms with Crippen molar-refractivity contribution in [2.75, 3.05) is 0 Å². The van der Waals surface area contributed by atoms with Gasteiger partial charge in [-0.05, 0) is 5.56 Å². The van der Waals surface area contributed by atoms with E-state index in [-0.39, 0.29) is 5.56 Å². The van der Waals surface area contributed by atoms with Crippen molar-refractivity contribution in [1.29, 1.82) is 0 Å². The van der Waals surface area contributed by atoms with E-state index in [9.17, 15) is 39.5 Å². The fourth-order valence-corrected chi connectivity index (χ4v) is 1.56. The maximum Gasteiger partial charge on any atom is 0.460 e. The van der Waals surface area contributed by atoms with E-state index >= 15 is 0 Å². The lowest BCUT2D eigenvalue weighted by molar-refractivity contribution is -0.405. The Bertz CT molecular complexity index is 495. The van der Waals surface area contributed by atoms with E-state index in [1.807, 2.05) is 0 Å². The fraction of sp³-hybridized carbons (Fsp3) is 0.500. The molecule has 0 fully saturated rings. The fourth-order valence-electron chi connectivity index (χ4n) is 1.56. The van der Waals surface area contributed by atoms with Crippen LogP contribution in [0.1, 0.15) is 5.56 Å². The molecule has 10 heteroatoms. The summed E-state index contributed by atoms with van der Waals surface area (Å²) in [5.74, 6) is -19.8. The maximum absolute atomic E-state index is 13.3. The normalized spacial score (nSPS) is 15.7. The summed E-state index contributed by atoms with van der Waals surface area (Å²) in [6.45, 7) is 0. The minimum atomic E-state index is -7.00. The monoisotopic (exact) mass is 340 g/mol. The van der Waals surface area contributed by atoms with Crippen LogP contribution < -0.4 is 0 Å². The van der Waals surface area contributed by atoms with Crippen LogP contribution in [0, 0.1) is 0 Å². The van der Waals surface area contributed by atoms with Gasteiger partial charge in [0.05, 0.1) is 0 Å². The van der Waals surface area contributed by atoms with Gasteiger partial charge in [-0.1, -0.05) is 30.3 Å². The molecule has 22 heavy (non-hydrogen) atoms. The van der Waals surface area contributed by atoms with Crippen molar-refractivity contribution in [2.45, 2.75) is 36.5 Å². The summed E-state index contributed by atoms with van der Waals surface area (Å²) in [6, 6.07) is 6.20. The molecule has 1 nitrogen and oxygen atoms in total. The van der Waals surface area contributed by atoms with Gasteiger partial charge in [-0.15, -0.1) is 0 Å². The molecule has 0 amide bonds. The Morgan fingerprint density at radius 3 is 1.64 bits per heavy atom. The number of hydrogen-bond acceptors (Lipinski definition) is 1. The first-order chi connectivity index (χ1) is 9.75. The maximum atomic E-state index is 13.3. The number of benzene rings is 1. The largest absolute Gasteiger partial charge is 0.460 e. The van der Waals surface area contributed by atoms with E-state index in [1.165, 1.54) is 18.2 Å². The number of halogens is 9. The number of hydrogen-bond donors (Lipinski definition) is 1. The van der Waals surface area contributed by atoms with Crippen LogP contribution in [0.4, 0.5) is 39.5 Å². The van der Waals surface area contributed by atoms with E-state index in [0.717, 1.165) is 12.1 Å². The van der Waals surface area contributed by atoms with Crippen molar-refractivity contribution < 1.29 is 44.6 Å². The Morgan fingerprint density at radius 1 is 0.773 bits per heavy atom. The highest BCUT2D eigenvalue weighted by Gasteiger charge is 2.82. The zero-order valence-electron chi connectivity index (χ0n) is 10.5. The van der Waals surface area contributed by atoms with Gasteiger partial charge in [-0.3, -0.25) is 0 Å². The number of rotatable bonds is 5. The lowest BCUT2D eigenvalue weighted by atomic mass is 9.94. The average molecular weight is 340 g/mol. The molecular formula is C12H9F9O. The molecule has 0 heterocycles. The number of aliphatic hydroxyl groups excluding tert-OH is 1. The van der Waals surface area contributed by atoms with Crippen molar-refractivity contribution >= 4 is 0 Å². The van der Waals surface area contributed by atoms with Crippen LogP contribution in [0.2, 0.25) is 0 Å². The first-order valence-corrected chi connectivity index (χ1v) is 5.67. The van der Waals surface area contributed by atoms with Gasteiger partial charge >= 0.3 is 23.9 Å². The Hall–Kier alpha value is -1.45. The molecule has 1 aromatic rings. The van der Waals surface area contributed by atoms with Crippen LogP contribution in [-0.4, -0.2) is 35.2 Å². The summed E-state index contributed by atoms with van der Waals surface area (Å²) < 4.78 is 114. The van der Waals surface area contributed by atoms with Crippen LogP contribution in [-0.2, 0) is 6.42 Å².